The number of nitrogens with zero attached hydrogens (tertiary/aromatic N) is 1. The van der Waals surface area contributed by atoms with Gasteiger partial charge < -0.3 is 9.64 Å². The molecule has 1 saturated heterocycles. The Hall–Kier alpha value is -0.830. The van der Waals surface area contributed by atoms with Crippen LogP contribution in [0.4, 0.5) is 0 Å². The van der Waals surface area contributed by atoms with Crippen molar-refractivity contribution in [1.82, 2.24) is 4.90 Å². The predicted octanol–water partition coefficient (Wildman–Crippen LogP) is 0.0312. The van der Waals surface area contributed by atoms with Crippen molar-refractivity contribution in [2.24, 2.45) is 0 Å². The number of morpholine rings is 1. The molecule has 3 nitrogen and oxygen atoms in total. The molecule has 1 fully saturated rings. The third kappa shape index (κ3) is 2.19. The fourth-order valence-electron chi connectivity index (χ4n) is 0.883. The van der Waals surface area contributed by atoms with Gasteiger partial charge in [-0.15, -0.1) is 0 Å². The van der Waals surface area contributed by atoms with Gasteiger partial charge in [0.25, 0.3) is 0 Å². The molecule has 0 atom stereocenters. The molecule has 1 aliphatic heterocycles. The number of hydrogen-bond acceptors (Lipinski definition) is 3. The van der Waals surface area contributed by atoms with Crippen molar-refractivity contribution in [1.29, 1.82) is 0 Å². The molecular formula is C7H11NO2. The van der Waals surface area contributed by atoms with Crippen LogP contribution in [0.5, 0.6) is 0 Å². The highest BCUT2D eigenvalue weighted by atomic mass is 16.5. The summed E-state index contributed by atoms with van der Waals surface area (Å²) in [5.74, 6) is 0. The van der Waals surface area contributed by atoms with Crippen LogP contribution in [0.2, 0.25) is 0 Å². The maximum absolute atomic E-state index is 9.90. The Morgan fingerprint density at radius 2 is 2.00 bits per heavy atom. The van der Waals surface area contributed by atoms with Crippen molar-refractivity contribution in [3.8, 4) is 0 Å². The zero-order valence-corrected chi connectivity index (χ0v) is 5.82. The molecule has 56 valence electrons. The molecule has 0 radical (unpaired) electrons. The van der Waals surface area contributed by atoms with E-state index in [1.807, 2.05) is 0 Å². The summed E-state index contributed by atoms with van der Waals surface area (Å²) in [6, 6.07) is 0. The first-order valence-corrected chi connectivity index (χ1v) is 3.37. The summed E-state index contributed by atoms with van der Waals surface area (Å²) in [6.45, 7) is 3.32. The zero-order valence-electron chi connectivity index (χ0n) is 5.82. The molecule has 0 aromatic carbocycles. The summed E-state index contributed by atoms with van der Waals surface area (Å²) in [5.41, 5.74) is 0. The third-order valence-electron chi connectivity index (χ3n) is 1.42. The van der Waals surface area contributed by atoms with E-state index in [-0.39, 0.29) is 0 Å². The Morgan fingerprint density at radius 3 is 2.60 bits per heavy atom. The molecule has 1 heterocycles. The van der Waals surface area contributed by atoms with E-state index in [0.29, 0.717) is 0 Å². The van der Waals surface area contributed by atoms with Gasteiger partial charge in [0.15, 0.2) is 0 Å². The molecule has 1 aliphatic rings. The number of rotatable bonds is 2. The average molecular weight is 141 g/mol. The van der Waals surface area contributed by atoms with Gasteiger partial charge in [-0.2, -0.15) is 0 Å². The molecule has 0 unspecified atom stereocenters. The van der Waals surface area contributed by atoms with Crippen molar-refractivity contribution >= 4 is 6.29 Å². The summed E-state index contributed by atoms with van der Waals surface area (Å²) in [6.07, 6.45) is 4.09. The number of ether oxygens (including phenoxy) is 1. The first kappa shape index (κ1) is 7.28. The van der Waals surface area contributed by atoms with E-state index in [9.17, 15) is 4.79 Å². The number of carbonyl (C=O) groups excluding carboxylic acids is 1. The third-order valence-corrected chi connectivity index (χ3v) is 1.42. The molecule has 0 amide bonds. The maximum Gasteiger partial charge on any atom is 0.144 e. The lowest BCUT2D eigenvalue weighted by atomic mass is 10.4. The van der Waals surface area contributed by atoms with Gasteiger partial charge in [0.05, 0.1) is 13.2 Å². The maximum atomic E-state index is 9.90. The summed E-state index contributed by atoms with van der Waals surface area (Å²) in [7, 11) is 0. The SMILES string of the molecule is O=C/C=C/N1CCOCC1. The minimum absolute atomic E-state index is 0.767. The van der Waals surface area contributed by atoms with E-state index in [0.717, 1.165) is 32.6 Å². The fourth-order valence-corrected chi connectivity index (χ4v) is 0.883. The summed E-state index contributed by atoms with van der Waals surface area (Å²) >= 11 is 0. The first-order valence-electron chi connectivity index (χ1n) is 3.37. The lowest BCUT2D eigenvalue weighted by Crippen LogP contribution is -2.31. The number of allylic oxidation sites excluding steroid dienone is 1. The molecule has 0 N–H and O–H groups in total. The molecular weight excluding hydrogens is 130 g/mol. The first-order chi connectivity index (χ1) is 4.93. The van der Waals surface area contributed by atoms with Crippen LogP contribution in [0.1, 0.15) is 0 Å². The quantitative estimate of drug-likeness (QED) is 0.401. The molecule has 1 rings (SSSR count). The van der Waals surface area contributed by atoms with Gasteiger partial charge >= 0.3 is 0 Å². The largest absolute Gasteiger partial charge is 0.378 e. The Morgan fingerprint density at radius 1 is 1.30 bits per heavy atom. The minimum Gasteiger partial charge on any atom is -0.378 e. The summed E-state index contributed by atoms with van der Waals surface area (Å²) in [4.78, 5) is 12.0. The van der Waals surface area contributed by atoms with E-state index < -0.39 is 0 Å². The highest BCUT2D eigenvalue weighted by Crippen LogP contribution is 1.95. The van der Waals surface area contributed by atoms with Gasteiger partial charge in [0.1, 0.15) is 6.29 Å². The second-order valence-electron chi connectivity index (χ2n) is 2.13. The zero-order chi connectivity index (χ0) is 7.23. The van der Waals surface area contributed by atoms with Crippen LogP contribution in [0.25, 0.3) is 0 Å². The van der Waals surface area contributed by atoms with Crippen molar-refractivity contribution in [3.63, 3.8) is 0 Å². The van der Waals surface area contributed by atoms with Crippen LogP contribution in [0.15, 0.2) is 12.3 Å². The van der Waals surface area contributed by atoms with E-state index >= 15 is 0 Å². The van der Waals surface area contributed by atoms with Gasteiger partial charge in [-0.1, -0.05) is 0 Å². The molecule has 0 aromatic rings. The van der Waals surface area contributed by atoms with Gasteiger partial charge in [-0.25, -0.2) is 0 Å². The highest BCUT2D eigenvalue weighted by Gasteiger charge is 2.03. The molecule has 3 heteroatoms. The smallest absolute Gasteiger partial charge is 0.144 e. The highest BCUT2D eigenvalue weighted by molar-refractivity contribution is 5.64. The molecule has 0 aromatic heterocycles. The van der Waals surface area contributed by atoms with Crippen LogP contribution >= 0.6 is 0 Å². The van der Waals surface area contributed by atoms with Crippen molar-refractivity contribution < 1.29 is 9.53 Å². The standard InChI is InChI=1S/C7H11NO2/c9-5-1-2-8-3-6-10-7-4-8/h1-2,5H,3-4,6-7H2/b2-1+. The lowest BCUT2D eigenvalue weighted by Gasteiger charge is -2.24. The van der Waals surface area contributed by atoms with Crippen LogP contribution < -0.4 is 0 Å². The van der Waals surface area contributed by atoms with Crippen LogP contribution in [0, 0.1) is 0 Å². The van der Waals surface area contributed by atoms with Gasteiger partial charge in [-0.3, -0.25) is 4.79 Å². The lowest BCUT2D eigenvalue weighted by molar-refractivity contribution is -0.104. The van der Waals surface area contributed by atoms with Crippen molar-refractivity contribution in [2.75, 3.05) is 26.3 Å². The molecule has 0 spiro atoms. The van der Waals surface area contributed by atoms with Crippen molar-refractivity contribution in [2.45, 2.75) is 0 Å². The minimum atomic E-state index is 0.767. The molecule has 0 saturated carbocycles. The molecule has 10 heavy (non-hydrogen) atoms. The Kier molecular flexibility index (Phi) is 2.96. The Labute approximate surface area is 60.3 Å². The van der Waals surface area contributed by atoms with Gasteiger partial charge in [0, 0.05) is 19.3 Å². The second-order valence-corrected chi connectivity index (χ2v) is 2.13. The number of hydrogen-bond donors (Lipinski definition) is 0. The molecule has 0 aliphatic carbocycles. The predicted molar refractivity (Wildman–Crippen MR) is 37.6 cm³/mol. The topological polar surface area (TPSA) is 29.5 Å². The summed E-state index contributed by atoms with van der Waals surface area (Å²) < 4.78 is 5.12. The number of aldehydes is 1. The monoisotopic (exact) mass is 141 g/mol. The average Bonchev–Trinajstić information content (AvgIpc) is 2.03. The van der Waals surface area contributed by atoms with Crippen LogP contribution in [-0.2, 0) is 9.53 Å². The van der Waals surface area contributed by atoms with E-state index in [1.165, 1.54) is 6.08 Å². The van der Waals surface area contributed by atoms with E-state index in [1.54, 1.807) is 6.20 Å². The number of carbonyl (C=O) groups is 1. The summed E-state index contributed by atoms with van der Waals surface area (Å²) in [5, 5.41) is 0. The van der Waals surface area contributed by atoms with E-state index in [4.69, 9.17) is 4.74 Å². The molecule has 0 bridgehead atoms. The Bertz CT molecular complexity index is 128. The Balaban J connectivity index is 2.25. The second kappa shape index (κ2) is 4.06. The fraction of sp³-hybridized carbons (Fsp3) is 0.571. The van der Waals surface area contributed by atoms with Crippen molar-refractivity contribution in [3.05, 3.63) is 12.3 Å². The van der Waals surface area contributed by atoms with Crippen LogP contribution in [-0.4, -0.2) is 37.5 Å². The normalized spacial score (nSPS) is 19.8. The van der Waals surface area contributed by atoms with Gasteiger partial charge in [0.2, 0.25) is 0 Å². The van der Waals surface area contributed by atoms with Gasteiger partial charge in [-0.05, 0) is 6.08 Å². The van der Waals surface area contributed by atoms with Crippen LogP contribution in [0.3, 0.4) is 0 Å². The van der Waals surface area contributed by atoms with E-state index in [2.05, 4.69) is 4.90 Å².